The molecular formula is C17H17NO5. The van der Waals surface area contributed by atoms with Crippen LogP contribution in [0.3, 0.4) is 0 Å². The molecule has 120 valence electrons. The quantitative estimate of drug-likeness (QED) is 0.797. The molecule has 0 unspecified atom stereocenters. The topological polar surface area (TPSA) is 74.2 Å². The second-order valence-electron chi connectivity index (χ2n) is 5.42. The smallest absolute Gasteiger partial charge is 0.331 e. The van der Waals surface area contributed by atoms with E-state index in [9.17, 15) is 9.59 Å². The lowest BCUT2D eigenvalue weighted by Gasteiger charge is -2.31. The van der Waals surface area contributed by atoms with Gasteiger partial charge in [-0.25, -0.2) is 9.79 Å². The van der Waals surface area contributed by atoms with Crippen LogP contribution in [0, 0.1) is 0 Å². The maximum atomic E-state index is 11.6. The minimum atomic E-state index is -0.723. The third-order valence-electron chi connectivity index (χ3n) is 3.70. The number of hydrogen-bond acceptors (Lipinski definition) is 6. The minimum Gasteiger partial charge on any atom is -0.471 e. The van der Waals surface area contributed by atoms with Crippen LogP contribution in [-0.4, -0.2) is 36.1 Å². The number of ether oxygens (including phenoxy) is 3. The Kier molecular flexibility index (Phi) is 4.14. The number of carbonyl (C=O) groups is 2. The molecule has 1 aromatic rings. The summed E-state index contributed by atoms with van der Waals surface area (Å²) in [6.45, 7) is 3.06. The summed E-state index contributed by atoms with van der Waals surface area (Å²) in [5.41, 5.74) is 0.922. The first-order valence-corrected chi connectivity index (χ1v) is 7.36. The fourth-order valence-electron chi connectivity index (χ4n) is 2.80. The van der Waals surface area contributed by atoms with Crippen molar-refractivity contribution < 1.29 is 23.8 Å². The molecule has 0 N–H and O–H groups in total. The third kappa shape index (κ3) is 3.26. The summed E-state index contributed by atoms with van der Waals surface area (Å²) in [6.07, 6.45) is 0.995. The van der Waals surface area contributed by atoms with Crippen LogP contribution >= 0.6 is 0 Å². The number of esters is 2. The highest BCUT2D eigenvalue weighted by atomic mass is 16.6. The van der Waals surface area contributed by atoms with Crippen LogP contribution < -0.4 is 0 Å². The summed E-state index contributed by atoms with van der Waals surface area (Å²) in [6, 6.07) is 9.09. The zero-order valence-corrected chi connectivity index (χ0v) is 12.8. The number of carbonyl (C=O) groups excluding carboxylic acids is 2. The molecule has 2 aliphatic heterocycles. The van der Waals surface area contributed by atoms with Gasteiger partial charge < -0.3 is 14.2 Å². The first-order chi connectivity index (χ1) is 11.0. The fraction of sp³-hybridized carbons (Fsp3) is 0.353. The van der Waals surface area contributed by atoms with Gasteiger partial charge in [0, 0.05) is 19.9 Å². The summed E-state index contributed by atoms with van der Waals surface area (Å²) in [5.74, 6) is -0.417. The summed E-state index contributed by atoms with van der Waals surface area (Å²) in [4.78, 5) is 27.4. The van der Waals surface area contributed by atoms with Crippen molar-refractivity contribution in [2.75, 3.05) is 0 Å². The molecule has 6 heteroatoms. The largest absolute Gasteiger partial charge is 0.471 e. The van der Waals surface area contributed by atoms with Gasteiger partial charge in [-0.2, -0.15) is 0 Å². The summed E-state index contributed by atoms with van der Waals surface area (Å²) >= 11 is 0. The van der Waals surface area contributed by atoms with Crippen molar-refractivity contribution in [3.63, 3.8) is 0 Å². The maximum Gasteiger partial charge on any atom is 0.331 e. The number of cyclic esters (lactones) is 1. The van der Waals surface area contributed by atoms with Crippen LogP contribution in [0.15, 0.2) is 47.5 Å². The van der Waals surface area contributed by atoms with Crippen molar-refractivity contribution in [1.82, 2.24) is 0 Å². The van der Waals surface area contributed by atoms with Crippen molar-refractivity contribution in [3.8, 4) is 0 Å². The Morgan fingerprint density at radius 1 is 1.22 bits per heavy atom. The van der Waals surface area contributed by atoms with E-state index < -0.39 is 36.3 Å². The SMILES string of the molecule is CC(=O)O[C@H]1C=CC(=O)O[C@@H]1[C@H]1N=C(C)O[C@@H]1c1ccccc1. The Morgan fingerprint density at radius 3 is 2.65 bits per heavy atom. The van der Waals surface area contributed by atoms with Gasteiger partial charge in [-0.15, -0.1) is 0 Å². The Balaban J connectivity index is 1.91. The minimum absolute atomic E-state index is 0.390. The van der Waals surface area contributed by atoms with E-state index in [-0.39, 0.29) is 0 Å². The molecule has 0 fully saturated rings. The highest BCUT2D eigenvalue weighted by molar-refractivity contribution is 5.83. The number of rotatable bonds is 3. The van der Waals surface area contributed by atoms with E-state index in [2.05, 4.69) is 4.99 Å². The highest BCUT2D eigenvalue weighted by Crippen LogP contribution is 2.34. The first kappa shape index (κ1) is 15.3. The lowest BCUT2D eigenvalue weighted by atomic mass is 9.94. The summed E-state index contributed by atoms with van der Waals surface area (Å²) < 4.78 is 16.4. The average molecular weight is 315 g/mol. The molecule has 0 radical (unpaired) electrons. The lowest BCUT2D eigenvalue weighted by molar-refractivity contribution is -0.165. The molecule has 0 saturated heterocycles. The average Bonchev–Trinajstić information content (AvgIpc) is 2.91. The molecule has 6 nitrogen and oxygen atoms in total. The van der Waals surface area contributed by atoms with Crippen LogP contribution in [-0.2, 0) is 23.8 Å². The molecule has 1 aromatic carbocycles. The molecule has 0 amide bonds. The van der Waals surface area contributed by atoms with Gasteiger partial charge in [0.1, 0.15) is 6.04 Å². The van der Waals surface area contributed by atoms with E-state index >= 15 is 0 Å². The predicted molar refractivity (Wildman–Crippen MR) is 81.7 cm³/mol. The third-order valence-corrected chi connectivity index (χ3v) is 3.70. The second-order valence-corrected chi connectivity index (χ2v) is 5.42. The van der Waals surface area contributed by atoms with Crippen LogP contribution in [0.4, 0.5) is 0 Å². The van der Waals surface area contributed by atoms with Gasteiger partial charge in [-0.3, -0.25) is 4.79 Å². The Labute approximate surface area is 133 Å². The van der Waals surface area contributed by atoms with Gasteiger partial charge in [-0.05, 0) is 11.6 Å². The van der Waals surface area contributed by atoms with E-state index in [4.69, 9.17) is 14.2 Å². The van der Waals surface area contributed by atoms with E-state index in [1.165, 1.54) is 19.1 Å². The molecule has 4 atom stereocenters. The van der Waals surface area contributed by atoms with Crippen LogP contribution in [0.5, 0.6) is 0 Å². The monoisotopic (exact) mass is 315 g/mol. The summed E-state index contributed by atoms with van der Waals surface area (Å²) in [7, 11) is 0. The number of hydrogen-bond donors (Lipinski definition) is 0. The maximum absolute atomic E-state index is 11.6. The molecular weight excluding hydrogens is 298 g/mol. The molecule has 0 saturated carbocycles. The molecule has 0 spiro atoms. The molecule has 23 heavy (non-hydrogen) atoms. The van der Waals surface area contributed by atoms with Gasteiger partial charge >= 0.3 is 11.9 Å². The van der Waals surface area contributed by atoms with E-state index in [0.29, 0.717) is 5.90 Å². The van der Waals surface area contributed by atoms with Crippen LogP contribution in [0.25, 0.3) is 0 Å². The number of nitrogens with zero attached hydrogens (tertiary/aromatic N) is 1. The molecule has 2 heterocycles. The fourth-order valence-corrected chi connectivity index (χ4v) is 2.80. The molecule has 0 aliphatic carbocycles. The van der Waals surface area contributed by atoms with Crippen molar-refractivity contribution in [2.24, 2.45) is 4.99 Å². The van der Waals surface area contributed by atoms with E-state index in [1.54, 1.807) is 6.92 Å². The zero-order valence-electron chi connectivity index (χ0n) is 12.8. The normalized spacial score (nSPS) is 29.5. The standard InChI is InChI=1S/C17H17NO5/c1-10-18-15(16(21-10)12-6-4-3-5-7-12)17-13(22-11(2)19)8-9-14(20)23-17/h3-9,13,15-17H,1-2H3/t13-,15-,16+,17-/m0/s1. The van der Waals surface area contributed by atoms with Crippen LogP contribution in [0.2, 0.25) is 0 Å². The van der Waals surface area contributed by atoms with E-state index in [1.807, 2.05) is 30.3 Å². The Hall–Kier alpha value is -2.63. The first-order valence-electron chi connectivity index (χ1n) is 7.36. The van der Waals surface area contributed by atoms with Crippen molar-refractivity contribution in [3.05, 3.63) is 48.0 Å². The van der Waals surface area contributed by atoms with E-state index in [0.717, 1.165) is 5.56 Å². The number of benzene rings is 1. The van der Waals surface area contributed by atoms with Gasteiger partial charge in [-0.1, -0.05) is 30.3 Å². The van der Waals surface area contributed by atoms with Crippen molar-refractivity contribution in [1.29, 1.82) is 0 Å². The Morgan fingerprint density at radius 2 is 1.96 bits per heavy atom. The van der Waals surface area contributed by atoms with Gasteiger partial charge in [0.15, 0.2) is 24.2 Å². The van der Waals surface area contributed by atoms with Crippen molar-refractivity contribution >= 4 is 17.8 Å². The lowest BCUT2D eigenvalue weighted by Crippen LogP contribution is -2.45. The molecule has 2 aliphatic rings. The Bertz CT molecular complexity index is 667. The molecule has 0 bridgehead atoms. The predicted octanol–water partition coefficient (Wildman–Crippen LogP) is 1.96. The number of aliphatic imine (C=N–C) groups is 1. The van der Waals surface area contributed by atoms with Crippen LogP contribution in [0.1, 0.15) is 25.5 Å². The highest BCUT2D eigenvalue weighted by Gasteiger charge is 2.44. The van der Waals surface area contributed by atoms with Crippen molar-refractivity contribution in [2.45, 2.75) is 38.2 Å². The van der Waals surface area contributed by atoms with Gasteiger partial charge in [0.2, 0.25) is 0 Å². The zero-order chi connectivity index (χ0) is 16.4. The molecule has 0 aromatic heterocycles. The second kappa shape index (κ2) is 6.24. The summed E-state index contributed by atoms with van der Waals surface area (Å²) in [5, 5.41) is 0. The molecule has 3 rings (SSSR count). The van der Waals surface area contributed by atoms with Gasteiger partial charge in [0.25, 0.3) is 0 Å². The van der Waals surface area contributed by atoms with Gasteiger partial charge in [0.05, 0.1) is 0 Å².